The molecule has 37 heavy (non-hydrogen) atoms. The zero-order valence-electron chi connectivity index (χ0n) is 19.4. The lowest BCUT2D eigenvalue weighted by atomic mass is 9.60. The number of ether oxygens (including phenoxy) is 2. The average Bonchev–Trinajstić information content (AvgIpc) is 2.84. The number of aromatic nitrogens is 1. The quantitative estimate of drug-likeness (QED) is 0.439. The summed E-state index contributed by atoms with van der Waals surface area (Å²) in [6.45, 7) is -0.899. The van der Waals surface area contributed by atoms with E-state index in [1.165, 1.54) is 18.2 Å². The number of nitrogens with zero attached hydrogens (tertiary/aromatic N) is 1. The lowest BCUT2D eigenvalue weighted by Gasteiger charge is -2.56. The summed E-state index contributed by atoms with van der Waals surface area (Å²) in [4.78, 5) is 28.2. The van der Waals surface area contributed by atoms with Gasteiger partial charge in [0.2, 0.25) is 0 Å². The van der Waals surface area contributed by atoms with E-state index in [1.807, 2.05) is 0 Å². The van der Waals surface area contributed by atoms with E-state index in [0.29, 0.717) is 31.7 Å². The van der Waals surface area contributed by atoms with Crippen LogP contribution in [0.5, 0.6) is 11.5 Å². The number of nitrogens with one attached hydrogen (secondary N) is 2. The largest absolute Gasteiger partial charge is 0.484 e. The molecule has 2 aromatic rings. The first-order valence-electron chi connectivity index (χ1n) is 11.4. The Labute approximate surface area is 214 Å². The molecule has 3 fully saturated rings. The Balaban J connectivity index is 1.28. The van der Waals surface area contributed by atoms with Gasteiger partial charge in [0.25, 0.3) is 11.8 Å². The SMILES string of the molecule is O=C(COc1ccc(Cl)c(F)c1)NC12CCC(NC(=O)COc3ccnc(C(F)(F)F)c3)(CC1)[C@H](O)C2. The van der Waals surface area contributed by atoms with Gasteiger partial charge in [0.15, 0.2) is 13.2 Å². The fourth-order valence-electron chi connectivity index (χ4n) is 4.83. The van der Waals surface area contributed by atoms with E-state index in [-0.39, 0.29) is 29.5 Å². The van der Waals surface area contributed by atoms with Crippen molar-refractivity contribution in [3.05, 3.63) is 53.1 Å². The molecule has 1 atom stereocenters. The molecule has 3 aliphatic carbocycles. The maximum atomic E-state index is 13.5. The highest BCUT2D eigenvalue weighted by atomic mass is 35.5. The monoisotopic (exact) mass is 545 g/mol. The van der Waals surface area contributed by atoms with Crippen LogP contribution in [0.2, 0.25) is 5.02 Å². The highest BCUT2D eigenvalue weighted by molar-refractivity contribution is 6.30. The van der Waals surface area contributed by atoms with Crippen molar-refractivity contribution in [3.63, 3.8) is 0 Å². The van der Waals surface area contributed by atoms with Crippen molar-refractivity contribution >= 4 is 23.4 Å². The van der Waals surface area contributed by atoms with Gasteiger partial charge in [-0.2, -0.15) is 13.2 Å². The summed E-state index contributed by atoms with van der Waals surface area (Å²) < 4.78 is 62.5. The van der Waals surface area contributed by atoms with E-state index >= 15 is 0 Å². The third-order valence-electron chi connectivity index (χ3n) is 6.77. The topological polar surface area (TPSA) is 110 Å². The van der Waals surface area contributed by atoms with Gasteiger partial charge >= 0.3 is 6.18 Å². The molecule has 0 radical (unpaired) electrons. The minimum absolute atomic E-state index is 0.0656. The van der Waals surface area contributed by atoms with Crippen molar-refractivity contribution in [1.82, 2.24) is 15.6 Å². The van der Waals surface area contributed by atoms with Gasteiger partial charge in [-0.25, -0.2) is 4.39 Å². The Morgan fingerprint density at radius 1 is 1.03 bits per heavy atom. The molecule has 2 amide bonds. The molecule has 1 heterocycles. The number of carbonyl (C=O) groups excluding carboxylic acids is 2. The average molecular weight is 546 g/mol. The zero-order valence-corrected chi connectivity index (χ0v) is 20.2. The van der Waals surface area contributed by atoms with Crippen LogP contribution in [0.25, 0.3) is 0 Å². The number of hydrogen-bond donors (Lipinski definition) is 3. The smallest absolute Gasteiger partial charge is 0.433 e. The van der Waals surface area contributed by atoms with Crippen LogP contribution in [0.1, 0.15) is 37.8 Å². The van der Waals surface area contributed by atoms with Crippen molar-refractivity contribution in [1.29, 1.82) is 0 Å². The van der Waals surface area contributed by atoms with Crippen LogP contribution in [0.3, 0.4) is 0 Å². The van der Waals surface area contributed by atoms with Gasteiger partial charge in [-0.15, -0.1) is 0 Å². The molecule has 0 saturated heterocycles. The van der Waals surface area contributed by atoms with Crippen LogP contribution in [-0.4, -0.2) is 52.3 Å². The van der Waals surface area contributed by atoms with Crippen molar-refractivity contribution in [2.24, 2.45) is 0 Å². The number of aliphatic hydroxyl groups excluding tert-OH is 1. The number of benzene rings is 1. The van der Waals surface area contributed by atoms with Gasteiger partial charge in [-0.05, 0) is 50.3 Å². The van der Waals surface area contributed by atoms with Gasteiger partial charge in [0, 0.05) is 23.9 Å². The van der Waals surface area contributed by atoms with Crippen LogP contribution in [0.4, 0.5) is 17.6 Å². The Kier molecular flexibility index (Phi) is 7.52. The molecule has 3 saturated carbocycles. The lowest BCUT2D eigenvalue weighted by Crippen LogP contribution is -2.70. The number of rotatable bonds is 8. The van der Waals surface area contributed by atoms with Crippen molar-refractivity contribution in [2.45, 2.75) is 55.5 Å². The summed E-state index contributed by atoms with van der Waals surface area (Å²) in [6, 6.07) is 5.74. The molecule has 8 nitrogen and oxygen atoms in total. The van der Waals surface area contributed by atoms with E-state index in [9.17, 15) is 32.3 Å². The minimum atomic E-state index is -4.64. The first-order chi connectivity index (χ1) is 17.4. The van der Waals surface area contributed by atoms with Gasteiger partial charge in [0.1, 0.15) is 23.0 Å². The summed E-state index contributed by atoms with van der Waals surface area (Å²) in [6.07, 6.45) is -2.78. The molecule has 3 aliphatic rings. The summed E-state index contributed by atoms with van der Waals surface area (Å²) in [5.41, 5.74) is -2.75. The highest BCUT2D eigenvalue weighted by Crippen LogP contribution is 2.47. The molecule has 2 bridgehead atoms. The molecule has 0 spiro atoms. The summed E-state index contributed by atoms with van der Waals surface area (Å²) in [5, 5.41) is 16.4. The summed E-state index contributed by atoms with van der Waals surface area (Å²) >= 11 is 5.63. The predicted molar refractivity (Wildman–Crippen MR) is 122 cm³/mol. The van der Waals surface area contributed by atoms with Gasteiger partial charge in [-0.3, -0.25) is 14.6 Å². The fourth-order valence-corrected chi connectivity index (χ4v) is 4.95. The molecule has 13 heteroatoms. The number of fused-ring (bicyclic) bond motifs is 3. The first-order valence-corrected chi connectivity index (χ1v) is 11.8. The Morgan fingerprint density at radius 3 is 2.24 bits per heavy atom. The number of aliphatic hydroxyl groups is 1. The van der Waals surface area contributed by atoms with E-state index in [4.69, 9.17) is 21.1 Å². The minimum Gasteiger partial charge on any atom is -0.484 e. The number of carbonyl (C=O) groups is 2. The maximum absolute atomic E-state index is 13.5. The molecule has 1 aromatic carbocycles. The van der Waals surface area contributed by atoms with Crippen molar-refractivity contribution in [2.75, 3.05) is 13.2 Å². The Morgan fingerprint density at radius 2 is 1.65 bits per heavy atom. The van der Waals surface area contributed by atoms with E-state index in [0.717, 1.165) is 12.3 Å². The molecular weight excluding hydrogens is 522 g/mol. The first kappa shape index (κ1) is 26.9. The molecule has 0 unspecified atom stereocenters. The van der Waals surface area contributed by atoms with Crippen LogP contribution >= 0.6 is 11.6 Å². The summed E-state index contributed by atoms with van der Waals surface area (Å²) in [7, 11) is 0. The van der Waals surface area contributed by atoms with E-state index in [2.05, 4.69) is 15.6 Å². The maximum Gasteiger partial charge on any atom is 0.433 e. The third kappa shape index (κ3) is 6.24. The normalized spacial score (nSPS) is 24.9. The number of halogens is 5. The number of alkyl halides is 3. The van der Waals surface area contributed by atoms with Crippen molar-refractivity contribution in [3.8, 4) is 11.5 Å². The molecule has 1 aromatic heterocycles. The van der Waals surface area contributed by atoms with E-state index < -0.39 is 53.3 Å². The Hall–Kier alpha value is -3.12. The summed E-state index contributed by atoms with van der Waals surface area (Å²) in [5.74, 6) is -1.71. The number of hydrogen-bond acceptors (Lipinski definition) is 6. The molecule has 3 N–H and O–H groups in total. The fraction of sp³-hybridized carbons (Fsp3) is 0.458. The third-order valence-corrected chi connectivity index (χ3v) is 7.07. The van der Waals surface area contributed by atoms with Crippen LogP contribution < -0.4 is 20.1 Å². The van der Waals surface area contributed by atoms with Crippen LogP contribution in [-0.2, 0) is 15.8 Å². The standard InChI is InChI=1S/C24H24ClF4N3O5/c25-16-2-1-14(9-17(16)26)36-12-20(34)31-22-4-6-23(7-5-22,19(33)11-22)32-21(35)13-37-15-3-8-30-18(10-15)24(27,28)29/h1-3,8-10,19,33H,4-7,11-13H2,(H,31,34)(H,32,35)/t19-,22?,23?/m1/s1. The molecule has 5 rings (SSSR count). The second kappa shape index (κ2) is 10.3. The number of amides is 2. The van der Waals surface area contributed by atoms with Gasteiger partial charge in [0.05, 0.1) is 16.7 Å². The molecule has 200 valence electrons. The molecular formula is C24H24ClF4N3O5. The van der Waals surface area contributed by atoms with Crippen molar-refractivity contribution < 1.29 is 41.7 Å². The van der Waals surface area contributed by atoms with Crippen LogP contribution in [0.15, 0.2) is 36.5 Å². The van der Waals surface area contributed by atoms with E-state index in [1.54, 1.807) is 0 Å². The van der Waals surface area contributed by atoms with Crippen LogP contribution in [0, 0.1) is 5.82 Å². The molecule has 0 aliphatic heterocycles. The Bertz CT molecular complexity index is 1170. The van der Waals surface area contributed by atoms with Gasteiger partial charge < -0.3 is 25.2 Å². The van der Waals surface area contributed by atoms with Gasteiger partial charge in [-0.1, -0.05) is 11.6 Å². The zero-order chi connectivity index (χ0) is 26.8. The highest BCUT2D eigenvalue weighted by Gasteiger charge is 2.55. The second-order valence-corrected chi connectivity index (χ2v) is 9.69. The number of pyridine rings is 1. The predicted octanol–water partition coefficient (Wildman–Crippen LogP) is 3.40. The second-order valence-electron chi connectivity index (χ2n) is 9.28. The lowest BCUT2D eigenvalue weighted by molar-refractivity contribution is -0.141.